The van der Waals surface area contributed by atoms with Crippen molar-refractivity contribution in [3.05, 3.63) is 90.0 Å². The van der Waals surface area contributed by atoms with E-state index < -0.39 is 24.0 Å². The largest absolute Gasteiger partial charge is 0.508 e. The third-order valence-electron chi connectivity index (χ3n) is 5.74. The summed E-state index contributed by atoms with van der Waals surface area (Å²) in [7, 11) is 0. The maximum atomic E-state index is 13.5. The molecule has 6 nitrogen and oxygen atoms in total. The van der Waals surface area contributed by atoms with Crippen molar-refractivity contribution >= 4 is 23.2 Å². The van der Waals surface area contributed by atoms with Crippen LogP contribution in [0.15, 0.2) is 78.9 Å². The maximum absolute atomic E-state index is 13.5. The van der Waals surface area contributed by atoms with Gasteiger partial charge in [0.2, 0.25) is 5.91 Å². The number of amides is 2. The van der Waals surface area contributed by atoms with Crippen molar-refractivity contribution in [3.8, 4) is 5.75 Å². The lowest BCUT2D eigenvalue weighted by atomic mass is 9.90. The number of fused-ring (bicyclic) bond motifs is 1. The highest BCUT2D eigenvalue weighted by atomic mass is 16.7. The van der Waals surface area contributed by atoms with Gasteiger partial charge in [0, 0.05) is 5.56 Å². The number of phenolic OH excluding ortho intramolecular Hbond substituents is 1. The number of hydroxylamine groups is 1. The van der Waals surface area contributed by atoms with E-state index >= 15 is 0 Å². The summed E-state index contributed by atoms with van der Waals surface area (Å²) in [6.07, 6.45) is -0.957. The molecule has 0 saturated carbocycles. The Balaban J connectivity index is 1.62. The van der Waals surface area contributed by atoms with Crippen LogP contribution in [0, 0.1) is 12.8 Å². The molecular formula is C24H20N2O4. The normalized spacial score (nSPS) is 23.2. The number of aryl methyl sites for hydroxylation is 1. The van der Waals surface area contributed by atoms with Crippen molar-refractivity contribution in [2.45, 2.75) is 19.1 Å². The molecule has 0 bridgehead atoms. The zero-order valence-electron chi connectivity index (χ0n) is 16.3. The van der Waals surface area contributed by atoms with Crippen molar-refractivity contribution in [2.75, 3.05) is 9.96 Å². The Hall–Kier alpha value is -3.64. The van der Waals surface area contributed by atoms with E-state index in [1.54, 1.807) is 41.5 Å². The molecule has 2 fully saturated rings. The number of benzene rings is 3. The van der Waals surface area contributed by atoms with Gasteiger partial charge in [0.15, 0.2) is 6.10 Å². The van der Waals surface area contributed by atoms with Gasteiger partial charge in [-0.15, -0.1) is 0 Å². The van der Waals surface area contributed by atoms with E-state index in [2.05, 4.69) is 0 Å². The van der Waals surface area contributed by atoms with Gasteiger partial charge in [0.25, 0.3) is 5.91 Å². The molecule has 0 radical (unpaired) electrons. The van der Waals surface area contributed by atoms with Crippen LogP contribution in [0.3, 0.4) is 0 Å². The summed E-state index contributed by atoms with van der Waals surface area (Å²) in [6, 6.07) is 22.8. The van der Waals surface area contributed by atoms with Crippen molar-refractivity contribution in [2.24, 2.45) is 5.92 Å². The summed E-state index contributed by atoms with van der Waals surface area (Å²) >= 11 is 0. The van der Waals surface area contributed by atoms with E-state index in [0.29, 0.717) is 16.9 Å². The fourth-order valence-corrected chi connectivity index (χ4v) is 4.32. The minimum atomic E-state index is -0.957. The summed E-state index contributed by atoms with van der Waals surface area (Å²) in [4.78, 5) is 34.1. The van der Waals surface area contributed by atoms with Gasteiger partial charge < -0.3 is 5.11 Å². The molecule has 0 spiro atoms. The molecule has 0 aromatic heterocycles. The van der Waals surface area contributed by atoms with Crippen LogP contribution < -0.4 is 9.96 Å². The summed E-state index contributed by atoms with van der Waals surface area (Å²) < 4.78 is 0. The highest BCUT2D eigenvalue weighted by molar-refractivity contribution is 6.24. The lowest BCUT2D eigenvalue weighted by Gasteiger charge is -2.29. The topological polar surface area (TPSA) is 70.1 Å². The average Bonchev–Trinajstić information content (AvgIpc) is 3.26. The third-order valence-corrected chi connectivity index (χ3v) is 5.74. The molecule has 150 valence electrons. The molecule has 1 N–H and O–H groups in total. The lowest BCUT2D eigenvalue weighted by Crippen LogP contribution is -2.37. The van der Waals surface area contributed by atoms with Gasteiger partial charge in [-0.2, -0.15) is 0 Å². The number of carbonyl (C=O) groups excluding carboxylic acids is 2. The Morgan fingerprint density at radius 3 is 2.23 bits per heavy atom. The second-order valence-corrected chi connectivity index (χ2v) is 7.52. The zero-order chi connectivity index (χ0) is 20.8. The predicted octanol–water partition coefficient (Wildman–Crippen LogP) is 3.75. The maximum Gasteiger partial charge on any atom is 0.266 e. The Morgan fingerprint density at radius 1 is 0.833 bits per heavy atom. The Kier molecular flexibility index (Phi) is 4.29. The molecule has 2 aliphatic heterocycles. The lowest BCUT2D eigenvalue weighted by molar-refractivity contribution is -0.126. The van der Waals surface area contributed by atoms with Gasteiger partial charge in [-0.05, 0) is 36.8 Å². The molecule has 3 atom stereocenters. The van der Waals surface area contributed by atoms with Crippen LogP contribution in [0.1, 0.15) is 17.2 Å². The smallest absolute Gasteiger partial charge is 0.266 e. The van der Waals surface area contributed by atoms with Crippen molar-refractivity contribution in [1.29, 1.82) is 0 Å². The van der Waals surface area contributed by atoms with Crippen molar-refractivity contribution < 1.29 is 19.5 Å². The van der Waals surface area contributed by atoms with Crippen LogP contribution in [-0.4, -0.2) is 23.0 Å². The predicted molar refractivity (Wildman–Crippen MR) is 112 cm³/mol. The minimum Gasteiger partial charge on any atom is -0.508 e. The molecule has 6 heteroatoms. The highest BCUT2D eigenvalue weighted by Crippen LogP contribution is 2.49. The fraction of sp³-hybridized carbons (Fsp3) is 0.167. The van der Waals surface area contributed by atoms with Crippen LogP contribution in [0.2, 0.25) is 0 Å². The molecule has 2 heterocycles. The van der Waals surface area contributed by atoms with Crippen LogP contribution >= 0.6 is 0 Å². The summed E-state index contributed by atoms with van der Waals surface area (Å²) in [5, 5.41) is 12.1. The van der Waals surface area contributed by atoms with Gasteiger partial charge in [-0.3, -0.25) is 14.4 Å². The number of hydrogen-bond acceptors (Lipinski definition) is 5. The average molecular weight is 400 g/mol. The number of para-hydroxylation sites is 3. The van der Waals surface area contributed by atoms with Gasteiger partial charge in [-0.1, -0.05) is 54.6 Å². The Morgan fingerprint density at radius 2 is 1.50 bits per heavy atom. The van der Waals surface area contributed by atoms with E-state index in [0.717, 1.165) is 5.56 Å². The molecule has 5 rings (SSSR count). The van der Waals surface area contributed by atoms with Crippen LogP contribution in [-0.2, 0) is 14.4 Å². The van der Waals surface area contributed by atoms with Crippen molar-refractivity contribution in [3.63, 3.8) is 0 Å². The number of rotatable bonds is 3. The zero-order valence-corrected chi connectivity index (χ0v) is 16.3. The van der Waals surface area contributed by atoms with Gasteiger partial charge >= 0.3 is 0 Å². The molecule has 3 aromatic rings. The monoisotopic (exact) mass is 400 g/mol. The first kappa shape index (κ1) is 18.4. The quantitative estimate of drug-likeness (QED) is 0.678. The molecule has 2 saturated heterocycles. The second-order valence-electron chi connectivity index (χ2n) is 7.52. The van der Waals surface area contributed by atoms with Crippen LogP contribution in [0.25, 0.3) is 0 Å². The molecule has 30 heavy (non-hydrogen) atoms. The first-order valence-electron chi connectivity index (χ1n) is 9.80. The SMILES string of the molecule is Cc1ccccc1N1C(=O)[C@H]2[C@H](ON(c3ccccc3)[C@@H]2c2ccccc2O)C1=O. The number of anilines is 2. The van der Waals surface area contributed by atoms with E-state index in [4.69, 9.17) is 4.84 Å². The Bertz CT molecular complexity index is 1130. The minimum absolute atomic E-state index is 0.0577. The fourth-order valence-electron chi connectivity index (χ4n) is 4.32. The second kappa shape index (κ2) is 7.00. The summed E-state index contributed by atoms with van der Waals surface area (Å²) in [5.41, 5.74) is 2.65. The number of phenols is 1. The van der Waals surface area contributed by atoms with E-state index in [9.17, 15) is 14.7 Å². The first-order chi connectivity index (χ1) is 14.6. The standard InChI is InChI=1S/C24H20N2O4/c1-15-9-5-7-13-18(15)25-23(28)20-21(17-12-6-8-14-19(17)27)26(30-22(20)24(25)29)16-10-3-2-4-11-16/h2-14,20-22,27H,1H3/t20-,21-,22+/m1/s1. The van der Waals surface area contributed by atoms with Crippen molar-refractivity contribution in [1.82, 2.24) is 0 Å². The molecule has 0 unspecified atom stereocenters. The number of imide groups is 1. The number of carbonyl (C=O) groups is 2. The molecule has 3 aromatic carbocycles. The number of aromatic hydroxyl groups is 1. The summed E-state index contributed by atoms with van der Waals surface area (Å²) in [6.45, 7) is 1.86. The highest BCUT2D eigenvalue weighted by Gasteiger charge is 2.60. The first-order valence-corrected chi connectivity index (χ1v) is 9.80. The molecule has 0 aliphatic carbocycles. The third kappa shape index (κ3) is 2.69. The summed E-state index contributed by atoms with van der Waals surface area (Å²) in [5.74, 6) is -1.43. The Labute approximate surface area is 173 Å². The van der Waals surface area contributed by atoms with Gasteiger partial charge in [-0.25, -0.2) is 9.96 Å². The van der Waals surface area contributed by atoms with Gasteiger partial charge in [0.1, 0.15) is 11.7 Å². The molecular weight excluding hydrogens is 380 g/mol. The van der Waals surface area contributed by atoms with E-state index in [1.807, 2.05) is 49.4 Å². The van der Waals surface area contributed by atoms with E-state index in [1.165, 1.54) is 4.90 Å². The molecule has 2 aliphatic rings. The van der Waals surface area contributed by atoms with E-state index in [-0.39, 0.29) is 11.7 Å². The van der Waals surface area contributed by atoms with Crippen LogP contribution in [0.5, 0.6) is 5.75 Å². The van der Waals surface area contributed by atoms with Crippen LogP contribution in [0.4, 0.5) is 11.4 Å². The molecule has 2 amide bonds. The number of hydrogen-bond donors (Lipinski definition) is 1. The van der Waals surface area contributed by atoms with Gasteiger partial charge in [0.05, 0.1) is 17.4 Å². The number of nitrogens with zero attached hydrogens (tertiary/aromatic N) is 2.